The topological polar surface area (TPSA) is 69.6 Å². The van der Waals surface area contributed by atoms with Gasteiger partial charge in [0, 0.05) is 6.54 Å². The number of nitrogens with one attached hydrogen (secondary N) is 1. The largest absolute Gasteiger partial charge is 0.478 e. The Balaban J connectivity index is 2.78. The summed E-state index contributed by atoms with van der Waals surface area (Å²) >= 11 is 0. The van der Waals surface area contributed by atoms with Crippen molar-refractivity contribution in [3.63, 3.8) is 0 Å². The molecule has 0 fully saturated rings. The maximum atomic E-state index is 13.2. The zero-order valence-corrected chi connectivity index (χ0v) is 8.20. The Morgan fingerprint density at radius 3 is 2.73 bits per heavy atom. The van der Waals surface area contributed by atoms with Crippen LogP contribution in [0.5, 0.6) is 0 Å². The third-order valence-electron chi connectivity index (χ3n) is 1.87. The van der Waals surface area contributed by atoms with E-state index < -0.39 is 18.8 Å². The number of carboxylic acids is 1. The molecule has 80 valence electrons. The summed E-state index contributed by atoms with van der Waals surface area (Å²) in [6.45, 7) is 1.83. The second-order valence-electron chi connectivity index (χ2n) is 3.18. The van der Waals surface area contributed by atoms with Crippen LogP contribution in [0.2, 0.25) is 6.82 Å². The fourth-order valence-electron chi connectivity index (χ4n) is 1.11. The molecule has 0 saturated carbocycles. The van der Waals surface area contributed by atoms with Crippen LogP contribution in [-0.4, -0.2) is 23.2 Å². The second-order valence-corrected chi connectivity index (χ2v) is 3.18. The smallest absolute Gasteiger partial charge is 0.373 e. The van der Waals surface area contributed by atoms with E-state index in [0.29, 0.717) is 5.56 Å². The Kier molecular flexibility index (Phi) is 3.82. The molecule has 0 saturated heterocycles. The number of rotatable bonds is 4. The molecule has 0 unspecified atom stereocenters. The van der Waals surface area contributed by atoms with Gasteiger partial charge in [0.15, 0.2) is 0 Å². The SMILES string of the molecule is CB(O)NCc1ccc(C(=O)O)c(F)c1. The van der Waals surface area contributed by atoms with E-state index in [1.54, 1.807) is 6.82 Å². The molecule has 0 aliphatic heterocycles. The van der Waals surface area contributed by atoms with Crippen LogP contribution in [0.25, 0.3) is 0 Å². The van der Waals surface area contributed by atoms with Crippen LogP contribution in [0.4, 0.5) is 4.39 Å². The minimum Gasteiger partial charge on any atom is -0.478 e. The van der Waals surface area contributed by atoms with Crippen molar-refractivity contribution >= 4 is 13.0 Å². The summed E-state index contributed by atoms with van der Waals surface area (Å²) in [6.07, 6.45) is 0. The Morgan fingerprint density at radius 2 is 2.27 bits per heavy atom. The molecule has 0 aliphatic rings. The highest BCUT2D eigenvalue weighted by Gasteiger charge is 2.10. The molecule has 0 bridgehead atoms. The molecule has 0 amide bonds. The first-order valence-electron chi connectivity index (χ1n) is 4.44. The molecule has 0 atom stereocenters. The van der Waals surface area contributed by atoms with E-state index in [2.05, 4.69) is 5.23 Å². The summed E-state index contributed by atoms with van der Waals surface area (Å²) in [5, 5.41) is 20.2. The lowest BCUT2D eigenvalue weighted by Crippen LogP contribution is -2.29. The van der Waals surface area contributed by atoms with Gasteiger partial charge in [-0.3, -0.25) is 0 Å². The van der Waals surface area contributed by atoms with Gasteiger partial charge in [-0.1, -0.05) is 6.07 Å². The highest BCUT2D eigenvalue weighted by molar-refractivity contribution is 6.45. The van der Waals surface area contributed by atoms with E-state index in [0.717, 1.165) is 6.07 Å². The highest BCUT2D eigenvalue weighted by atomic mass is 19.1. The summed E-state index contributed by atoms with van der Waals surface area (Å²) in [6, 6.07) is 3.84. The molecule has 0 aromatic heterocycles. The van der Waals surface area contributed by atoms with Gasteiger partial charge in [-0.25, -0.2) is 9.18 Å². The molecule has 4 nitrogen and oxygen atoms in total. The molecule has 1 aromatic carbocycles. The molecule has 3 N–H and O–H groups in total. The van der Waals surface area contributed by atoms with E-state index in [4.69, 9.17) is 10.1 Å². The first-order valence-corrected chi connectivity index (χ1v) is 4.44. The van der Waals surface area contributed by atoms with Crippen molar-refractivity contribution in [1.82, 2.24) is 5.23 Å². The molecule has 0 aliphatic carbocycles. The van der Waals surface area contributed by atoms with Crippen LogP contribution in [0.1, 0.15) is 15.9 Å². The predicted octanol–water partition coefficient (Wildman–Crippen LogP) is 0.724. The average Bonchev–Trinajstić information content (AvgIpc) is 2.14. The van der Waals surface area contributed by atoms with Crippen molar-refractivity contribution in [2.45, 2.75) is 13.4 Å². The van der Waals surface area contributed by atoms with E-state index in [1.165, 1.54) is 12.1 Å². The normalized spacial score (nSPS) is 10.1. The summed E-state index contributed by atoms with van der Waals surface area (Å²) in [4.78, 5) is 10.5. The van der Waals surface area contributed by atoms with Crippen LogP contribution in [0, 0.1) is 5.82 Å². The van der Waals surface area contributed by atoms with Crippen LogP contribution in [0.3, 0.4) is 0 Å². The zero-order chi connectivity index (χ0) is 11.4. The minimum atomic E-state index is -1.29. The molecule has 0 spiro atoms. The first kappa shape index (κ1) is 11.7. The third-order valence-corrected chi connectivity index (χ3v) is 1.87. The second kappa shape index (κ2) is 4.90. The molecule has 0 radical (unpaired) electrons. The Bertz CT molecular complexity index is 370. The summed E-state index contributed by atoms with van der Waals surface area (Å²) in [7, 11) is -0.688. The van der Waals surface area contributed by atoms with Gasteiger partial charge in [-0.2, -0.15) is 0 Å². The van der Waals surface area contributed by atoms with Crippen molar-refractivity contribution in [1.29, 1.82) is 0 Å². The maximum Gasteiger partial charge on any atom is 0.373 e. The van der Waals surface area contributed by atoms with Gasteiger partial charge < -0.3 is 15.4 Å². The molecule has 15 heavy (non-hydrogen) atoms. The minimum absolute atomic E-state index is 0.286. The molecule has 1 aromatic rings. The molecule has 1 rings (SSSR count). The van der Waals surface area contributed by atoms with Gasteiger partial charge in [-0.15, -0.1) is 0 Å². The summed E-state index contributed by atoms with van der Waals surface area (Å²) in [5.74, 6) is -2.06. The monoisotopic (exact) mass is 211 g/mol. The van der Waals surface area contributed by atoms with Gasteiger partial charge in [0.2, 0.25) is 0 Å². The molecular formula is C9H11BFNO3. The molecular weight excluding hydrogens is 200 g/mol. The molecule has 0 heterocycles. The summed E-state index contributed by atoms with van der Waals surface area (Å²) < 4.78 is 13.2. The standard InChI is InChI=1S/C9H11BFNO3/c1-10(15)12-5-6-2-3-7(9(13)14)8(11)4-6/h2-4,12,15H,5H2,1H3,(H,13,14). The molecule has 6 heteroatoms. The zero-order valence-electron chi connectivity index (χ0n) is 8.20. The lowest BCUT2D eigenvalue weighted by molar-refractivity contribution is 0.0692. The van der Waals surface area contributed by atoms with E-state index in [-0.39, 0.29) is 12.1 Å². The van der Waals surface area contributed by atoms with Crippen LogP contribution < -0.4 is 5.23 Å². The van der Waals surface area contributed by atoms with Crippen molar-refractivity contribution in [3.8, 4) is 0 Å². The number of benzene rings is 1. The van der Waals surface area contributed by atoms with Gasteiger partial charge in [0.1, 0.15) is 5.82 Å². The Hall–Kier alpha value is -1.40. The average molecular weight is 211 g/mol. The number of hydrogen-bond donors (Lipinski definition) is 3. The number of hydrogen-bond acceptors (Lipinski definition) is 3. The van der Waals surface area contributed by atoms with Gasteiger partial charge in [-0.05, 0) is 24.5 Å². The van der Waals surface area contributed by atoms with E-state index in [1.807, 2.05) is 0 Å². The van der Waals surface area contributed by atoms with Crippen LogP contribution in [-0.2, 0) is 6.54 Å². The van der Waals surface area contributed by atoms with Crippen molar-refractivity contribution in [2.75, 3.05) is 0 Å². The number of carbonyl (C=O) groups is 1. The third kappa shape index (κ3) is 3.34. The fraction of sp³-hybridized carbons (Fsp3) is 0.222. The van der Waals surface area contributed by atoms with E-state index >= 15 is 0 Å². The number of halogens is 1. The van der Waals surface area contributed by atoms with Crippen LogP contribution in [0.15, 0.2) is 18.2 Å². The first-order chi connectivity index (χ1) is 7.00. The summed E-state index contributed by atoms with van der Waals surface area (Å²) in [5.41, 5.74) is 0.231. The fourth-order valence-corrected chi connectivity index (χ4v) is 1.11. The van der Waals surface area contributed by atoms with Gasteiger partial charge in [0.25, 0.3) is 0 Å². The number of carboxylic acid groups (broad SMARTS) is 1. The quantitative estimate of drug-likeness (QED) is 0.642. The van der Waals surface area contributed by atoms with Crippen molar-refractivity contribution < 1.29 is 19.3 Å². The lowest BCUT2D eigenvalue weighted by atomic mass is 9.88. The number of aromatic carboxylic acids is 1. The van der Waals surface area contributed by atoms with Crippen molar-refractivity contribution in [2.24, 2.45) is 0 Å². The predicted molar refractivity (Wildman–Crippen MR) is 54.0 cm³/mol. The lowest BCUT2D eigenvalue weighted by Gasteiger charge is -2.05. The van der Waals surface area contributed by atoms with E-state index in [9.17, 15) is 9.18 Å². The van der Waals surface area contributed by atoms with Crippen LogP contribution >= 0.6 is 0 Å². The maximum absolute atomic E-state index is 13.2. The highest BCUT2D eigenvalue weighted by Crippen LogP contribution is 2.10. The Labute approximate surface area is 86.9 Å². The van der Waals surface area contributed by atoms with Gasteiger partial charge >= 0.3 is 13.0 Å². The van der Waals surface area contributed by atoms with Crippen molar-refractivity contribution in [3.05, 3.63) is 35.1 Å². The van der Waals surface area contributed by atoms with Gasteiger partial charge in [0.05, 0.1) is 5.56 Å². The Morgan fingerprint density at radius 1 is 1.60 bits per heavy atom.